The number of rotatable bonds is 3. The minimum absolute atomic E-state index is 0.137. The Morgan fingerprint density at radius 1 is 1.37 bits per heavy atom. The smallest absolute Gasteiger partial charge is 0.340 e. The van der Waals surface area contributed by atoms with Crippen molar-refractivity contribution in [2.45, 2.75) is 6.92 Å². The first-order valence-electron chi connectivity index (χ1n) is 5.74. The van der Waals surface area contributed by atoms with Gasteiger partial charge in [-0.1, -0.05) is 36.9 Å². The molecule has 2 aromatic rings. The molecule has 1 aromatic heterocycles. The van der Waals surface area contributed by atoms with Crippen LogP contribution in [-0.2, 0) is 0 Å². The SMILES string of the molecule is C=C/C(=C\C)c1nc2ccccc2c(C(=O)O)c1O. The van der Waals surface area contributed by atoms with Crippen LogP contribution in [0.3, 0.4) is 0 Å². The zero-order valence-corrected chi connectivity index (χ0v) is 10.4. The Bertz CT molecular complexity index is 702. The maximum Gasteiger partial charge on any atom is 0.340 e. The molecule has 4 heteroatoms. The highest BCUT2D eigenvalue weighted by Crippen LogP contribution is 2.33. The standard InChI is InChI=1S/C15H13NO3/c1-3-9(4-2)13-14(17)12(15(18)19)10-7-5-6-8-11(10)16-13/h3-8,17H,1H2,2H3,(H,18,19)/b9-4+. The zero-order chi connectivity index (χ0) is 14.0. The predicted molar refractivity (Wildman–Crippen MR) is 74.2 cm³/mol. The number of carboxylic acids is 1. The molecule has 0 aliphatic heterocycles. The number of fused-ring (bicyclic) bond motifs is 1. The average Bonchev–Trinajstić information content (AvgIpc) is 2.40. The number of para-hydroxylation sites is 1. The van der Waals surface area contributed by atoms with Crippen molar-refractivity contribution in [3.8, 4) is 5.75 Å². The van der Waals surface area contributed by atoms with Crippen molar-refractivity contribution >= 4 is 22.4 Å². The van der Waals surface area contributed by atoms with Gasteiger partial charge in [-0.2, -0.15) is 0 Å². The molecule has 1 aromatic carbocycles. The van der Waals surface area contributed by atoms with Crippen LogP contribution in [0, 0.1) is 0 Å². The van der Waals surface area contributed by atoms with Crippen LogP contribution in [0.25, 0.3) is 16.5 Å². The minimum atomic E-state index is -1.18. The predicted octanol–water partition coefficient (Wildman–Crippen LogP) is 3.23. The number of hydrogen-bond donors (Lipinski definition) is 2. The van der Waals surface area contributed by atoms with Gasteiger partial charge in [-0.15, -0.1) is 0 Å². The van der Waals surface area contributed by atoms with Crippen LogP contribution in [-0.4, -0.2) is 21.2 Å². The van der Waals surface area contributed by atoms with E-state index in [9.17, 15) is 15.0 Å². The van der Waals surface area contributed by atoms with Crippen molar-refractivity contribution in [2.24, 2.45) is 0 Å². The van der Waals surface area contributed by atoms with E-state index < -0.39 is 5.97 Å². The summed E-state index contributed by atoms with van der Waals surface area (Å²) in [7, 11) is 0. The van der Waals surface area contributed by atoms with Crippen molar-refractivity contribution in [3.63, 3.8) is 0 Å². The molecule has 4 nitrogen and oxygen atoms in total. The molecule has 1 heterocycles. The fraction of sp³-hybridized carbons (Fsp3) is 0.0667. The molecule has 0 aliphatic rings. The van der Waals surface area contributed by atoms with Crippen molar-refractivity contribution in [2.75, 3.05) is 0 Å². The third-order valence-electron chi connectivity index (χ3n) is 2.88. The van der Waals surface area contributed by atoms with E-state index >= 15 is 0 Å². The maximum absolute atomic E-state index is 11.4. The maximum atomic E-state index is 11.4. The van der Waals surface area contributed by atoms with Gasteiger partial charge in [-0.05, 0) is 18.6 Å². The lowest BCUT2D eigenvalue weighted by Crippen LogP contribution is -2.02. The number of benzene rings is 1. The third kappa shape index (κ3) is 2.08. The highest BCUT2D eigenvalue weighted by atomic mass is 16.4. The molecule has 0 atom stereocenters. The highest BCUT2D eigenvalue weighted by Gasteiger charge is 2.20. The van der Waals surface area contributed by atoms with E-state index in [2.05, 4.69) is 11.6 Å². The Balaban J connectivity index is 2.92. The molecule has 19 heavy (non-hydrogen) atoms. The number of aromatic carboxylic acids is 1. The zero-order valence-electron chi connectivity index (χ0n) is 10.4. The molecule has 0 bridgehead atoms. The monoisotopic (exact) mass is 255 g/mol. The third-order valence-corrected chi connectivity index (χ3v) is 2.88. The molecule has 2 N–H and O–H groups in total. The second kappa shape index (κ2) is 4.94. The largest absolute Gasteiger partial charge is 0.505 e. The Hall–Kier alpha value is -2.62. The van der Waals surface area contributed by atoms with Gasteiger partial charge in [-0.25, -0.2) is 9.78 Å². The second-order valence-corrected chi connectivity index (χ2v) is 3.95. The molecule has 0 saturated heterocycles. The summed E-state index contributed by atoms with van der Waals surface area (Å²) in [5.41, 5.74) is 1.20. The minimum Gasteiger partial charge on any atom is -0.505 e. The molecule has 2 rings (SSSR count). The van der Waals surface area contributed by atoms with Gasteiger partial charge >= 0.3 is 5.97 Å². The van der Waals surface area contributed by atoms with Gasteiger partial charge in [0.1, 0.15) is 11.3 Å². The van der Waals surface area contributed by atoms with Crippen LogP contribution in [0.1, 0.15) is 23.0 Å². The van der Waals surface area contributed by atoms with E-state index in [0.29, 0.717) is 16.5 Å². The van der Waals surface area contributed by atoms with Crippen LogP contribution in [0.5, 0.6) is 5.75 Å². The Morgan fingerprint density at radius 3 is 2.63 bits per heavy atom. The summed E-state index contributed by atoms with van der Waals surface area (Å²) in [6.45, 7) is 5.41. The Morgan fingerprint density at radius 2 is 2.05 bits per heavy atom. The summed E-state index contributed by atoms with van der Waals surface area (Å²) < 4.78 is 0. The molecular weight excluding hydrogens is 242 g/mol. The van der Waals surface area contributed by atoms with Crippen molar-refractivity contribution in [1.82, 2.24) is 4.98 Å². The summed E-state index contributed by atoms with van der Waals surface area (Å²) in [6.07, 6.45) is 3.25. The topological polar surface area (TPSA) is 70.4 Å². The quantitative estimate of drug-likeness (QED) is 0.826. The van der Waals surface area contributed by atoms with Gasteiger partial charge < -0.3 is 10.2 Å². The van der Waals surface area contributed by atoms with E-state index in [-0.39, 0.29) is 17.0 Å². The number of carboxylic acid groups (broad SMARTS) is 1. The normalized spacial score (nSPS) is 11.5. The second-order valence-electron chi connectivity index (χ2n) is 3.95. The van der Waals surface area contributed by atoms with Crippen LogP contribution in [0.2, 0.25) is 0 Å². The summed E-state index contributed by atoms with van der Waals surface area (Å²) in [5.74, 6) is -1.52. The lowest BCUT2D eigenvalue weighted by atomic mass is 10.0. The van der Waals surface area contributed by atoms with Crippen molar-refractivity contribution in [3.05, 3.63) is 54.3 Å². The Kier molecular flexibility index (Phi) is 3.33. The molecule has 0 radical (unpaired) electrons. The van der Waals surface area contributed by atoms with E-state index in [1.807, 2.05) is 0 Å². The van der Waals surface area contributed by atoms with E-state index in [1.54, 1.807) is 37.3 Å². The molecule has 0 unspecified atom stereocenters. The summed E-state index contributed by atoms with van der Waals surface area (Å²) in [4.78, 5) is 15.7. The van der Waals surface area contributed by atoms with Crippen LogP contribution in [0.4, 0.5) is 0 Å². The lowest BCUT2D eigenvalue weighted by Gasteiger charge is -2.10. The molecule has 96 valence electrons. The molecule has 0 spiro atoms. The van der Waals surface area contributed by atoms with E-state index in [0.717, 1.165) is 0 Å². The van der Waals surface area contributed by atoms with Gasteiger partial charge in [0.15, 0.2) is 5.75 Å². The van der Waals surface area contributed by atoms with E-state index in [4.69, 9.17) is 0 Å². The molecule has 0 saturated carbocycles. The lowest BCUT2D eigenvalue weighted by molar-refractivity contribution is 0.0696. The first-order valence-corrected chi connectivity index (χ1v) is 5.74. The summed E-state index contributed by atoms with van der Waals surface area (Å²) in [5, 5.41) is 19.9. The molecule has 0 aliphatic carbocycles. The van der Waals surface area contributed by atoms with E-state index in [1.165, 1.54) is 6.08 Å². The van der Waals surface area contributed by atoms with Gasteiger partial charge in [0, 0.05) is 5.39 Å². The molecule has 0 fully saturated rings. The van der Waals surface area contributed by atoms with Crippen LogP contribution < -0.4 is 0 Å². The summed E-state index contributed by atoms with van der Waals surface area (Å²) >= 11 is 0. The fourth-order valence-electron chi connectivity index (χ4n) is 1.97. The van der Waals surface area contributed by atoms with Crippen LogP contribution >= 0.6 is 0 Å². The highest BCUT2D eigenvalue weighted by molar-refractivity contribution is 6.06. The fourth-order valence-corrected chi connectivity index (χ4v) is 1.97. The number of aromatic hydroxyl groups is 1. The summed E-state index contributed by atoms with van der Waals surface area (Å²) in [6, 6.07) is 6.81. The number of allylic oxidation sites excluding steroid dienone is 3. The molecular formula is C15H13NO3. The van der Waals surface area contributed by atoms with Gasteiger partial charge in [0.25, 0.3) is 0 Å². The number of nitrogens with zero attached hydrogens (tertiary/aromatic N) is 1. The first-order chi connectivity index (χ1) is 9.10. The number of aromatic nitrogens is 1. The number of pyridine rings is 1. The first kappa shape index (κ1) is 12.8. The molecule has 0 amide bonds. The number of carbonyl (C=O) groups is 1. The van der Waals surface area contributed by atoms with Gasteiger partial charge in [-0.3, -0.25) is 0 Å². The van der Waals surface area contributed by atoms with Crippen LogP contribution in [0.15, 0.2) is 43.0 Å². The van der Waals surface area contributed by atoms with Gasteiger partial charge in [0.05, 0.1) is 5.52 Å². The van der Waals surface area contributed by atoms with Crippen molar-refractivity contribution in [1.29, 1.82) is 0 Å². The average molecular weight is 255 g/mol. The van der Waals surface area contributed by atoms with Gasteiger partial charge in [0.2, 0.25) is 0 Å². The van der Waals surface area contributed by atoms with Crippen molar-refractivity contribution < 1.29 is 15.0 Å². The Labute approximate surface area is 110 Å². The number of hydrogen-bond acceptors (Lipinski definition) is 3.